The molecule has 3 unspecified atom stereocenters. The van der Waals surface area contributed by atoms with E-state index < -0.39 is 0 Å². The van der Waals surface area contributed by atoms with E-state index in [9.17, 15) is 5.11 Å². The molecule has 5 N–H and O–H groups in total. The Labute approximate surface area is 114 Å². The zero-order valence-electron chi connectivity index (χ0n) is 11.5. The van der Waals surface area contributed by atoms with E-state index in [1.165, 1.54) is 0 Å². The molecule has 0 radical (unpaired) electrons. The van der Waals surface area contributed by atoms with E-state index in [2.05, 4.69) is 10.5 Å². The highest BCUT2D eigenvalue weighted by molar-refractivity contribution is 5.80. The van der Waals surface area contributed by atoms with Crippen molar-refractivity contribution in [3.63, 3.8) is 0 Å². The first kappa shape index (κ1) is 15.5. The fourth-order valence-electron chi connectivity index (χ4n) is 2.13. The molecule has 0 heterocycles. The predicted octanol–water partition coefficient (Wildman–Crippen LogP) is 1.61. The Kier molecular flexibility index (Phi) is 6.32. The molecule has 5 heteroatoms. The minimum Gasteiger partial charge on any atom is -0.409 e. The van der Waals surface area contributed by atoms with E-state index in [4.69, 9.17) is 10.9 Å². The molecule has 0 saturated heterocycles. The van der Waals surface area contributed by atoms with Crippen LogP contribution in [0.25, 0.3) is 0 Å². The van der Waals surface area contributed by atoms with Crippen molar-refractivity contribution < 1.29 is 10.3 Å². The van der Waals surface area contributed by atoms with Gasteiger partial charge in [0.05, 0.1) is 6.10 Å². The summed E-state index contributed by atoms with van der Waals surface area (Å²) in [4.78, 5) is 0. The highest BCUT2D eigenvalue weighted by atomic mass is 16.4. The summed E-state index contributed by atoms with van der Waals surface area (Å²) in [6.07, 6.45) is 0.715. The van der Waals surface area contributed by atoms with Crippen LogP contribution in [0.4, 0.5) is 0 Å². The quantitative estimate of drug-likeness (QED) is 0.261. The van der Waals surface area contributed by atoms with Crippen molar-refractivity contribution in [3.8, 4) is 0 Å². The second-order valence-electron chi connectivity index (χ2n) is 4.91. The summed E-state index contributed by atoms with van der Waals surface area (Å²) in [6, 6.07) is 9.95. The Morgan fingerprint density at radius 3 is 2.47 bits per heavy atom. The molecule has 0 saturated carbocycles. The number of nitrogens with zero attached hydrogens (tertiary/aromatic N) is 1. The van der Waals surface area contributed by atoms with Crippen LogP contribution in [-0.4, -0.2) is 28.3 Å². The molecule has 0 spiro atoms. The van der Waals surface area contributed by atoms with E-state index in [0.717, 1.165) is 5.56 Å². The number of nitrogens with two attached hydrogens (primary N) is 1. The van der Waals surface area contributed by atoms with Crippen LogP contribution in [0.2, 0.25) is 0 Å². The number of aliphatic hydroxyl groups is 1. The molecule has 0 aliphatic heterocycles. The Morgan fingerprint density at radius 1 is 1.32 bits per heavy atom. The molecule has 0 bridgehead atoms. The van der Waals surface area contributed by atoms with E-state index in [-0.39, 0.29) is 24.0 Å². The first-order valence-corrected chi connectivity index (χ1v) is 6.48. The summed E-state index contributed by atoms with van der Waals surface area (Å²) in [5.41, 5.74) is 6.67. The normalized spacial score (nSPS) is 16.9. The largest absolute Gasteiger partial charge is 0.409 e. The Balaban J connectivity index is 2.75. The Bertz CT molecular complexity index is 393. The van der Waals surface area contributed by atoms with Crippen molar-refractivity contribution >= 4 is 5.84 Å². The monoisotopic (exact) mass is 265 g/mol. The zero-order valence-corrected chi connectivity index (χ0v) is 11.5. The highest BCUT2D eigenvalue weighted by Crippen LogP contribution is 2.18. The molecule has 0 aliphatic rings. The van der Waals surface area contributed by atoms with Gasteiger partial charge in [-0.25, -0.2) is 0 Å². The molecule has 3 atom stereocenters. The van der Waals surface area contributed by atoms with E-state index in [1.54, 1.807) is 6.92 Å². The topological polar surface area (TPSA) is 90.9 Å². The second-order valence-corrected chi connectivity index (χ2v) is 4.91. The van der Waals surface area contributed by atoms with Gasteiger partial charge in [-0.2, -0.15) is 0 Å². The van der Waals surface area contributed by atoms with Crippen LogP contribution in [0.15, 0.2) is 35.5 Å². The second kappa shape index (κ2) is 7.76. The maximum Gasteiger partial charge on any atom is 0.141 e. The lowest BCUT2D eigenvalue weighted by molar-refractivity contribution is 0.168. The third-order valence-corrected chi connectivity index (χ3v) is 2.92. The van der Waals surface area contributed by atoms with Crippen molar-refractivity contribution in [2.24, 2.45) is 10.9 Å². The SMILES string of the molecule is CC(O)CC(C)NC(C/C(N)=N/O)c1ccccc1. The number of nitrogens with one attached hydrogen (secondary N) is 1. The average Bonchev–Trinajstić information content (AvgIpc) is 2.37. The lowest BCUT2D eigenvalue weighted by Crippen LogP contribution is -2.35. The van der Waals surface area contributed by atoms with Gasteiger partial charge >= 0.3 is 0 Å². The van der Waals surface area contributed by atoms with Crippen LogP contribution in [0.1, 0.15) is 38.3 Å². The maximum atomic E-state index is 9.41. The molecule has 19 heavy (non-hydrogen) atoms. The Morgan fingerprint density at radius 2 is 1.95 bits per heavy atom. The number of amidine groups is 1. The van der Waals surface area contributed by atoms with E-state index >= 15 is 0 Å². The standard InChI is InChI=1S/C14H23N3O2/c1-10(8-11(2)18)16-13(9-14(15)17-19)12-6-4-3-5-7-12/h3-7,10-11,13,16,18-19H,8-9H2,1-2H3,(H2,15,17). The van der Waals surface area contributed by atoms with Gasteiger partial charge in [0.15, 0.2) is 0 Å². The molecule has 0 aliphatic carbocycles. The van der Waals surface area contributed by atoms with Crippen LogP contribution in [-0.2, 0) is 0 Å². The molecular formula is C14H23N3O2. The minimum absolute atomic E-state index is 0.0363. The van der Waals surface area contributed by atoms with Gasteiger partial charge in [-0.05, 0) is 25.8 Å². The molecule has 1 aromatic rings. The van der Waals surface area contributed by atoms with Crippen LogP contribution in [0.5, 0.6) is 0 Å². The number of aliphatic hydroxyl groups excluding tert-OH is 1. The zero-order chi connectivity index (χ0) is 14.3. The Hall–Kier alpha value is -1.59. The summed E-state index contributed by atoms with van der Waals surface area (Å²) < 4.78 is 0. The maximum absolute atomic E-state index is 9.41. The van der Waals surface area contributed by atoms with Crippen molar-refractivity contribution in [2.45, 2.75) is 44.9 Å². The predicted molar refractivity (Wildman–Crippen MR) is 76.1 cm³/mol. The number of hydrogen-bond donors (Lipinski definition) is 4. The number of hydrogen-bond acceptors (Lipinski definition) is 4. The number of oxime groups is 1. The first-order valence-electron chi connectivity index (χ1n) is 6.48. The van der Waals surface area contributed by atoms with Crippen molar-refractivity contribution in [1.29, 1.82) is 0 Å². The van der Waals surface area contributed by atoms with Crippen molar-refractivity contribution in [2.75, 3.05) is 0 Å². The van der Waals surface area contributed by atoms with E-state index in [1.807, 2.05) is 37.3 Å². The minimum atomic E-state index is -0.359. The summed E-state index contributed by atoms with van der Waals surface area (Å²) in [5.74, 6) is 0.186. The smallest absolute Gasteiger partial charge is 0.141 e. The number of benzene rings is 1. The molecule has 1 rings (SSSR count). The van der Waals surface area contributed by atoms with Gasteiger partial charge in [0.1, 0.15) is 5.84 Å². The highest BCUT2D eigenvalue weighted by Gasteiger charge is 2.17. The third-order valence-electron chi connectivity index (χ3n) is 2.92. The molecule has 1 aromatic carbocycles. The van der Waals surface area contributed by atoms with Gasteiger partial charge in [0, 0.05) is 18.5 Å². The summed E-state index contributed by atoms with van der Waals surface area (Å²) in [7, 11) is 0. The van der Waals surface area contributed by atoms with Crippen LogP contribution in [0, 0.1) is 0 Å². The van der Waals surface area contributed by atoms with Crippen LogP contribution >= 0.6 is 0 Å². The van der Waals surface area contributed by atoms with Crippen molar-refractivity contribution in [3.05, 3.63) is 35.9 Å². The fourth-order valence-corrected chi connectivity index (χ4v) is 2.13. The van der Waals surface area contributed by atoms with Crippen molar-refractivity contribution in [1.82, 2.24) is 5.32 Å². The van der Waals surface area contributed by atoms with Crippen LogP contribution < -0.4 is 11.1 Å². The van der Waals surface area contributed by atoms with Gasteiger partial charge in [0.25, 0.3) is 0 Å². The molecule has 5 nitrogen and oxygen atoms in total. The summed E-state index contributed by atoms with van der Waals surface area (Å²) in [5, 5.41) is 24.5. The summed E-state index contributed by atoms with van der Waals surface area (Å²) >= 11 is 0. The van der Waals surface area contributed by atoms with Gasteiger partial charge in [0.2, 0.25) is 0 Å². The van der Waals surface area contributed by atoms with E-state index in [0.29, 0.717) is 12.8 Å². The molecule has 0 aromatic heterocycles. The average molecular weight is 265 g/mol. The lowest BCUT2D eigenvalue weighted by Gasteiger charge is -2.24. The number of rotatable bonds is 7. The molecule has 0 fully saturated rings. The summed E-state index contributed by atoms with van der Waals surface area (Å²) in [6.45, 7) is 3.77. The lowest BCUT2D eigenvalue weighted by atomic mass is 10.0. The fraction of sp³-hybridized carbons (Fsp3) is 0.500. The molecular weight excluding hydrogens is 242 g/mol. The third kappa shape index (κ3) is 5.72. The van der Waals surface area contributed by atoms with Gasteiger partial charge < -0.3 is 21.4 Å². The van der Waals surface area contributed by atoms with Gasteiger partial charge in [-0.3, -0.25) is 0 Å². The van der Waals surface area contributed by atoms with Crippen LogP contribution in [0.3, 0.4) is 0 Å². The van der Waals surface area contributed by atoms with Gasteiger partial charge in [-0.1, -0.05) is 35.5 Å². The van der Waals surface area contributed by atoms with Gasteiger partial charge in [-0.15, -0.1) is 0 Å². The first-order chi connectivity index (χ1) is 9.02. The molecule has 0 amide bonds. The molecule has 106 valence electrons.